The van der Waals surface area contributed by atoms with Gasteiger partial charge < -0.3 is 14.6 Å². The Hall–Kier alpha value is -3.41. The topological polar surface area (TPSA) is 59.0 Å². The number of carbonyl (C=O) groups excluding carboxylic acids is 1. The number of hydrogen-bond acceptors (Lipinski definition) is 4. The van der Waals surface area contributed by atoms with Gasteiger partial charge in [0.2, 0.25) is 0 Å². The number of phenols is 1. The molecule has 0 radical (unpaired) electrons. The molecule has 7 heteroatoms. The van der Waals surface area contributed by atoms with Crippen LogP contribution in [-0.2, 0) is 4.79 Å². The van der Waals surface area contributed by atoms with Crippen LogP contribution in [0.3, 0.4) is 0 Å². The Balaban J connectivity index is 1.83. The molecular weight excluding hydrogens is 449 g/mol. The summed E-state index contributed by atoms with van der Waals surface area (Å²) in [6.45, 7) is 0. The lowest BCUT2D eigenvalue weighted by Crippen LogP contribution is -2.25. The van der Waals surface area contributed by atoms with Gasteiger partial charge in [-0.25, -0.2) is 0 Å². The summed E-state index contributed by atoms with van der Waals surface area (Å²) >= 11 is 12.0. The van der Waals surface area contributed by atoms with Gasteiger partial charge in [0.15, 0.2) is 11.5 Å². The highest BCUT2D eigenvalue weighted by Crippen LogP contribution is 2.41. The number of halogens is 2. The van der Waals surface area contributed by atoms with Crippen LogP contribution in [0.5, 0.6) is 17.2 Å². The average molecular weight is 468 g/mol. The number of amides is 1. The van der Waals surface area contributed by atoms with Crippen molar-refractivity contribution >= 4 is 46.6 Å². The zero-order chi connectivity index (χ0) is 22.8. The van der Waals surface area contributed by atoms with Crippen LogP contribution < -0.4 is 14.4 Å². The first-order chi connectivity index (χ1) is 15.4. The minimum absolute atomic E-state index is 0.0990. The number of carbonyl (C=O) groups is 1. The van der Waals surface area contributed by atoms with E-state index in [-0.39, 0.29) is 11.7 Å². The second-order valence-corrected chi connectivity index (χ2v) is 7.90. The fourth-order valence-corrected chi connectivity index (χ4v) is 3.79. The maximum absolute atomic E-state index is 13.5. The zero-order valence-electron chi connectivity index (χ0n) is 17.3. The highest BCUT2D eigenvalue weighted by molar-refractivity contribution is 6.31. The predicted molar refractivity (Wildman–Crippen MR) is 128 cm³/mol. The molecule has 3 aromatic carbocycles. The number of nitrogens with zero attached hydrogens (tertiary/aromatic N) is 1. The lowest BCUT2D eigenvalue weighted by atomic mass is 10.1. The molecule has 1 heterocycles. The molecule has 4 rings (SSSR count). The maximum Gasteiger partial charge on any atom is 0.263 e. The molecule has 0 fully saturated rings. The van der Waals surface area contributed by atoms with E-state index in [1.54, 1.807) is 62.8 Å². The molecule has 1 aliphatic rings. The van der Waals surface area contributed by atoms with E-state index in [9.17, 15) is 9.90 Å². The van der Waals surface area contributed by atoms with Gasteiger partial charge in [0.05, 0.1) is 25.6 Å². The Morgan fingerprint density at radius 3 is 2.22 bits per heavy atom. The van der Waals surface area contributed by atoms with Crippen LogP contribution in [0.15, 0.2) is 72.3 Å². The van der Waals surface area contributed by atoms with E-state index in [0.29, 0.717) is 38.5 Å². The molecule has 0 spiro atoms. The molecule has 0 unspecified atom stereocenters. The van der Waals surface area contributed by atoms with Gasteiger partial charge in [-0.3, -0.25) is 9.69 Å². The third-order valence-corrected chi connectivity index (χ3v) is 5.52. The van der Waals surface area contributed by atoms with Crippen LogP contribution >= 0.6 is 23.2 Å². The summed E-state index contributed by atoms with van der Waals surface area (Å²) < 4.78 is 10.6. The van der Waals surface area contributed by atoms with Crippen molar-refractivity contribution in [3.05, 3.63) is 93.5 Å². The number of hydrogen-bond donors (Lipinski definition) is 1. The Kier molecular flexibility index (Phi) is 6.12. The van der Waals surface area contributed by atoms with Crippen molar-refractivity contribution in [3.8, 4) is 17.2 Å². The molecule has 0 saturated carbocycles. The molecule has 0 aliphatic carbocycles. The molecule has 162 valence electrons. The largest absolute Gasteiger partial charge is 0.506 e. The fraction of sp³-hybridized carbons (Fsp3) is 0.0800. The van der Waals surface area contributed by atoms with Gasteiger partial charge in [-0.15, -0.1) is 0 Å². The zero-order valence-corrected chi connectivity index (χ0v) is 18.8. The summed E-state index contributed by atoms with van der Waals surface area (Å²) in [5.41, 5.74) is 2.91. The monoisotopic (exact) mass is 467 g/mol. The fourth-order valence-electron chi connectivity index (χ4n) is 3.50. The second-order valence-electron chi connectivity index (χ2n) is 7.02. The van der Waals surface area contributed by atoms with Crippen molar-refractivity contribution in [2.24, 2.45) is 0 Å². The van der Waals surface area contributed by atoms with Crippen molar-refractivity contribution in [1.82, 2.24) is 0 Å². The molecule has 0 bridgehead atoms. The SMILES string of the molecule is COc1ccc(/C=C2\C=C(c3ccc(Cl)cc3)N(c3ccc(Cl)cc3O)C2=O)cc1OC. The average Bonchev–Trinajstić information content (AvgIpc) is 3.10. The summed E-state index contributed by atoms with van der Waals surface area (Å²) in [4.78, 5) is 14.9. The summed E-state index contributed by atoms with van der Waals surface area (Å²) in [6.07, 6.45) is 3.53. The summed E-state index contributed by atoms with van der Waals surface area (Å²) in [5.74, 6) is 0.763. The molecule has 1 aliphatic heterocycles. The molecule has 1 N–H and O–H groups in total. The Morgan fingerprint density at radius 2 is 1.56 bits per heavy atom. The van der Waals surface area contributed by atoms with Crippen molar-refractivity contribution in [2.75, 3.05) is 19.1 Å². The summed E-state index contributed by atoms with van der Waals surface area (Å²) in [7, 11) is 3.12. The molecule has 32 heavy (non-hydrogen) atoms. The van der Waals surface area contributed by atoms with Gasteiger partial charge in [-0.2, -0.15) is 0 Å². The van der Waals surface area contributed by atoms with Crippen LogP contribution in [-0.4, -0.2) is 25.2 Å². The van der Waals surface area contributed by atoms with E-state index >= 15 is 0 Å². The predicted octanol–water partition coefficient (Wildman–Crippen LogP) is 6.19. The van der Waals surface area contributed by atoms with Crippen LogP contribution in [0.2, 0.25) is 10.0 Å². The number of phenolic OH excluding ortho intramolecular Hbond substituents is 1. The third kappa shape index (κ3) is 4.17. The number of methoxy groups -OCH3 is 2. The smallest absolute Gasteiger partial charge is 0.263 e. The number of anilines is 1. The lowest BCUT2D eigenvalue weighted by molar-refractivity contribution is -0.113. The molecule has 0 saturated heterocycles. The van der Waals surface area contributed by atoms with Gasteiger partial charge in [0.1, 0.15) is 5.75 Å². The number of rotatable bonds is 5. The number of benzene rings is 3. The van der Waals surface area contributed by atoms with Gasteiger partial charge in [0, 0.05) is 21.7 Å². The Morgan fingerprint density at radius 1 is 0.875 bits per heavy atom. The van der Waals surface area contributed by atoms with Crippen molar-refractivity contribution in [2.45, 2.75) is 0 Å². The van der Waals surface area contributed by atoms with Crippen molar-refractivity contribution in [1.29, 1.82) is 0 Å². The van der Waals surface area contributed by atoms with E-state index in [4.69, 9.17) is 32.7 Å². The van der Waals surface area contributed by atoms with Crippen molar-refractivity contribution < 1.29 is 19.4 Å². The quantitative estimate of drug-likeness (QED) is 0.454. The minimum atomic E-state index is -0.289. The summed E-state index contributed by atoms with van der Waals surface area (Å²) in [6, 6.07) is 17.2. The van der Waals surface area contributed by atoms with Crippen molar-refractivity contribution in [3.63, 3.8) is 0 Å². The van der Waals surface area contributed by atoms with Gasteiger partial charge >= 0.3 is 0 Å². The molecule has 5 nitrogen and oxygen atoms in total. The molecular formula is C25H19Cl2NO4. The Bertz CT molecular complexity index is 1250. The van der Waals surface area contributed by atoms with E-state index < -0.39 is 0 Å². The minimum Gasteiger partial charge on any atom is -0.506 e. The van der Waals surface area contributed by atoms with Crippen LogP contribution in [0, 0.1) is 0 Å². The normalized spacial score (nSPS) is 14.6. The number of ether oxygens (including phenoxy) is 2. The van der Waals surface area contributed by atoms with E-state index in [1.165, 1.54) is 11.0 Å². The first-order valence-corrected chi connectivity index (χ1v) is 10.4. The molecule has 0 aromatic heterocycles. The van der Waals surface area contributed by atoms with Crippen LogP contribution in [0.25, 0.3) is 11.8 Å². The second kappa shape index (κ2) is 8.99. The van der Waals surface area contributed by atoms with E-state index in [0.717, 1.165) is 11.1 Å². The first-order valence-electron chi connectivity index (χ1n) is 9.65. The highest BCUT2D eigenvalue weighted by Gasteiger charge is 2.32. The lowest BCUT2D eigenvalue weighted by Gasteiger charge is -2.22. The first kappa shape index (κ1) is 21.8. The van der Waals surface area contributed by atoms with Gasteiger partial charge in [-0.1, -0.05) is 41.4 Å². The standard InChI is InChI=1S/C25H19Cl2NO4/c1-31-23-10-3-15(12-24(23)32-2)11-17-13-21(16-4-6-18(26)7-5-16)28(25(17)30)20-9-8-19(27)14-22(20)29/h3-14,29H,1-2H3/b17-11+. The summed E-state index contributed by atoms with van der Waals surface area (Å²) in [5, 5.41) is 11.5. The number of aromatic hydroxyl groups is 1. The highest BCUT2D eigenvalue weighted by atomic mass is 35.5. The van der Waals surface area contributed by atoms with Gasteiger partial charge in [0.25, 0.3) is 5.91 Å². The van der Waals surface area contributed by atoms with Crippen LogP contribution in [0.4, 0.5) is 5.69 Å². The molecule has 0 atom stereocenters. The maximum atomic E-state index is 13.5. The van der Waals surface area contributed by atoms with Crippen LogP contribution in [0.1, 0.15) is 11.1 Å². The Labute approximate surface area is 195 Å². The van der Waals surface area contributed by atoms with E-state index in [2.05, 4.69) is 0 Å². The third-order valence-electron chi connectivity index (χ3n) is 5.03. The van der Waals surface area contributed by atoms with E-state index in [1.807, 2.05) is 18.2 Å². The molecule has 1 amide bonds. The van der Waals surface area contributed by atoms with Gasteiger partial charge in [-0.05, 0) is 59.7 Å². The molecule has 3 aromatic rings.